The van der Waals surface area contributed by atoms with Crippen molar-refractivity contribution in [2.45, 2.75) is 10.6 Å². The number of rotatable bonds is 7. The standard InChI is InChI=1S/C24H21NO5S/c1-29-23(27)18-12-19(24(28)30-2)14-20(13-18)25-22(26)17-10-8-16(9-11-17)15-31-21-6-4-3-5-7-21/h3-14H,15H2,1-2H3,(H,25,26). The van der Waals surface area contributed by atoms with Crippen molar-refractivity contribution < 1.29 is 23.9 Å². The average Bonchev–Trinajstić information content (AvgIpc) is 2.82. The van der Waals surface area contributed by atoms with Gasteiger partial charge < -0.3 is 14.8 Å². The molecule has 3 aromatic carbocycles. The fourth-order valence-electron chi connectivity index (χ4n) is 2.81. The lowest BCUT2D eigenvalue weighted by Crippen LogP contribution is -2.14. The maximum Gasteiger partial charge on any atom is 0.337 e. The van der Waals surface area contributed by atoms with Crippen LogP contribution in [-0.4, -0.2) is 32.1 Å². The number of methoxy groups -OCH3 is 2. The molecular weight excluding hydrogens is 414 g/mol. The maximum atomic E-state index is 12.7. The van der Waals surface area contributed by atoms with Crippen molar-refractivity contribution in [1.29, 1.82) is 0 Å². The molecule has 0 unspecified atom stereocenters. The van der Waals surface area contributed by atoms with Crippen molar-refractivity contribution >= 4 is 35.3 Å². The van der Waals surface area contributed by atoms with E-state index in [9.17, 15) is 14.4 Å². The summed E-state index contributed by atoms with van der Waals surface area (Å²) in [6.07, 6.45) is 0. The van der Waals surface area contributed by atoms with E-state index in [0.29, 0.717) is 5.56 Å². The maximum absolute atomic E-state index is 12.7. The summed E-state index contributed by atoms with van der Waals surface area (Å²) in [5.41, 5.74) is 2.10. The van der Waals surface area contributed by atoms with E-state index in [-0.39, 0.29) is 22.7 Å². The van der Waals surface area contributed by atoms with E-state index in [4.69, 9.17) is 9.47 Å². The largest absolute Gasteiger partial charge is 0.465 e. The SMILES string of the molecule is COC(=O)c1cc(NC(=O)c2ccc(CSc3ccccc3)cc2)cc(C(=O)OC)c1. The van der Waals surface area contributed by atoms with E-state index in [1.807, 2.05) is 30.3 Å². The fourth-order valence-corrected chi connectivity index (χ4v) is 3.69. The second-order valence-electron chi connectivity index (χ2n) is 6.53. The number of ether oxygens (including phenoxy) is 2. The molecule has 0 atom stereocenters. The lowest BCUT2D eigenvalue weighted by molar-refractivity contribution is 0.0599. The molecule has 3 aromatic rings. The van der Waals surface area contributed by atoms with Gasteiger partial charge in [0.25, 0.3) is 5.91 Å². The Morgan fingerprint density at radius 2 is 1.35 bits per heavy atom. The van der Waals surface area contributed by atoms with E-state index in [0.717, 1.165) is 11.3 Å². The minimum atomic E-state index is -0.624. The lowest BCUT2D eigenvalue weighted by atomic mass is 10.1. The molecule has 0 radical (unpaired) electrons. The number of thioether (sulfide) groups is 1. The van der Waals surface area contributed by atoms with Crippen LogP contribution in [0.4, 0.5) is 5.69 Å². The predicted octanol–water partition coefficient (Wildman–Crippen LogP) is 4.80. The summed E-state index contributed by atoms with van der Waals surface area (Å²) in [5.74, 6) is -0.821. The molecule has 6 nitrogen and oxygen atoms in total. The molecule has 0 bridgehead atoms. The molecule has 0 aromatic heterocycles. The first kappa shape index (κ1) is 22.1. The molecule has 0 heterocycles. The third kappa shape index (κ3) is 5.96. The van der Waals surface area contributed by atoms with Gasteiger partial charge in [-0.05, 0) is 48.0 Å². The van der Waals surface area contributed by atoms with Gasteiger partial charge in [-0.15, -0.1) is 11.8 Å². The van der Waals surface area contributed by atoms with Crippen LogP contribution >= 0.6 is 11.8 Å². The number of carbonyl (C=O) groups excluding carboxylic acids is 3. The van der Waals surface area contributed by atoms with Crippen molar-refractivity contribution in [2.75, 3.05) is 19.5 Å². The molecule has 3 rings (SSSR count). The van der Waals surface area contributed by atoms with E-state index in [2.05, 4.69) is 17.4 Å². The Hall–Kier alpha value is -3.58. The van der Waals surface area contributed by atoms with Gasteiger partial charge in [-0.3, -0.25) is 4.79 Å². The van der Waals surface area contributed by atoms with E-state index in [1.165, 1.54) is 37.3 Å². The first-order chi connectivity index (χ1) is 15.0. The Bertz CT molecular complexity index is 1050. The number of hydrogen-bond acceptors (Lipinski definition) is 6. The van der Waals surface area contributed by atoms with E-state index < -0.39 is 11.9 Å². The summed E-state index contributed by atoms with van der Waals surface area (Å²) in [6.45, 7) is 0. The van der Waals surface area contributed by atoms with Gasteiger partial charge in [0, 0.05) is 21.9 Å². The van der Waals surface area contributed by atoms with Crippen LogP contribution in [-0.2, 0) is 15.2 Å². The quantitative estimate of drug-likeness (QED) is 0.424. The summed E-state index contributed by atoms with van der Waals surface area (Å²) in [7, 11) is 2.48. The summed E-state index contributed by atoms with van der Waals surface area (Å²) >= 11 is 1.72. The highest BCUT2D eigenvalue weighted by molar-refractivity contribution is 7.98. The number of carbonyl (C=O) groups is 3. The van der Waals surface area contributed by atoms with Crippen LogP contribution in [0, 0.1) is 0 Å². The third-order valence-electron chi connectivity index (χ3n) is 4.40. The molecular formula is C24H21NO5S. The second-order valence-corrected chi connectivity index (χ2v) is 7.58. The van der Waals surface area contributed by atoms with Gasteiger partial charge >= 0.3 is 11.9 Å². The molecule has 7 heteroatoms. The Kier molecular flexibility index (Phi) is 7.45. The van der Waals surface area contributed by atoms with E-state index in [1.54, 1.807) is 23.9 Å². The zero-order chi connectivity index (χ0) is 22.2. The third-order valence-corrected chi connectivity index (χ3v) is 5.48. The molecule has 0 aliphatic carbocycles. The summed E-state index contributed by atoms with van der Waals surface area (Å²) < 4.78 is 9.42. The normalized spacial score (nSPS) is 10.3. The summed E-state index contributed by atoms with van der Waals surface area (Å²) in [5, 5.41) is 2.71. The molecule has 31 heavy (non-hydrogen) atoms. The molecule has 0 saturated heterocycles. The number of hydrogen-bond donors (Lipinski definition) is 1. The molecule has 0 spiro atoms. The van der Waals surface area contributed by atoms with Gasteiger partial charge in [-0.2, -0.15) is 0 Å². The Balaban J connectivity index is 1.71. The lowest BCUT2D eigenvalue weighted by Gasteiger charge is -2.10. The highest BCUT2D eigenvalue weighted by atomic mass is 32.2. The minimum absolute atomic E-state index is 0.133. The minimum Gasteiger partial charge on any atom is -0.465 e. The first-order valence-electron chi connectivity index (χ1n) is 9.40. The molecule has 0 aliphatic rings. The molecule has 0 aliphatic heterocycles. The van der Waals surface area contributed by atoms with E-state index >= 15 is 0 Å². The van der Waals surface area contributed by atoms with Crippen LogP contribution in [0.25, 0.3) is 0 Å². The zero-order valence-corrected chi connectivity index (χ0v) is 17.9. The smallest absolute Gasteiger partial charge is 0.337 e. The van der Waals surface area contributed by atoms with Gasteiger partial charge in [-0.25, -0.2) is 9.59 Å². The van der Waals surface area contributed by atoms with Crippen LogP contribution in [0.1, 0.15) is 36.6 Å². The van der Waals surface area contributed by atoms with Gasteiger partial charge in [-0.1, -0.05) is 30.3 Å². The van der Waals surface area contributed by atoms with Crippen LogP contribution in [0.15, 0.2) is 77.7 Å². The molecule has 1 N–H and O–H groups in total. The van der Waals surface area contributed by atoms with Gasteiger partial charge in [0.2, 0.25) is 0 Å². The van der Waals surface area contributed by atoms with Crippen LogP contribution in [0.2, 0.25) is 0 Å². The fraction of sp³-hybridized carbons (Fsp3) is 0.125. The second kappa shape index (κ2) is 10.4. The van der Waals surface area contributed by atoms with Crippen molar-refractivity contribution in [3.05, 3.63) is 95.1 Å². The van der Waals surface area contributed by atoms with Gasteiger partial charge in [0.1, 0.15) is 0 Å². The number of nitrogens with one attached hydrogen (secondary N) is 1. The van der Waals surface area contributed by atoms with Crippen LogP contribution < -0.4 is 5.32 Å². The van der Waals surface area contributed by atoms with Crippen LogP contribution in [0.5, 0.6) is 0 Å². The Morgan fingerprint density at radius 1 is 0.774 bits per heavy atom. The number of esters is 2. The molecule has 0 fully saturated rings. The Morgan fingerprint density at radius 3 is 1.90 bits per heavy atom. The zero-order valence-electron chi connectivity index (χ0n) is 17.1. The summed E-state index contributed by atoms with van der Waals surface area (Å²) in [6, 6.07) is 21.6. The molecule has 1 amide bonds. The predicted molar refractivity (Wildman–Crippen MR) is 120 cm³/mol. The topological polar surface area (TPSA) is 81.7 Å². The van der Waals surface area contributed by atoms with Crippen molar-refractivity contribution in [3.63, 3.8) is 0 Å². The highest BCUT2D eigenvalue weighted by Crippen LogP contribution is 2.23. The average molecular weight is 436 g/mol. The monoisotopic (exact) mass is 435 g/mol. The number of amides is 1. The van der Waals surface area contributed by atoms with Gasteiger partial charge in [0.15, 0.2) is 0 Å². The molecule has 0 saturated carbocycles. The van der Waals surface area contributed by atoms with Gasteiger partial charge in [0.05, 0.1) is 25.3 Å². The van der Waals surface area contributed by atoms with Crippen molar-refractivity contribution in [3.8, 4) is 0 Å². The van der Waals surface area contributed by atoms with Crippen molar-refractivity contribution in [2.24, 2.45) is 0 Å². The molecule has 158 valence electrons. The van der Waals surface area contributed by atoms with Crippen LogP contribution in [0.3, 0.4) is 0 Å². The number of benzene rings is 3. The Labute approximate surface area is 184 Å². The first-order valence-corrected chi connectivity index (χ1v) is 10.4. The van der Waals surface area contributed by atoms with Crippen molar-refractivity contribution in [1.82, 2.24) is 0 Å². The summed E-state index contributed by atoms with van der Waals surface area (Å²) in [4.78, 5) is 37.6. The highest BCUT2D eigenvalue weighted by Gasteiger charge is 2.15. The number of anilines is 1.